The zero-order chi connectivity index (χ0) is 18.3. The lowest BCUT2D eigenvalue weighted by atomic mass is 10.2. The Bertz CT molecular complexity index is 1130. The van der Waals surface area contributed by atoms with Gasteiger partial charge in [-0.15, -0.1) is 0 Å². The van der Waals surface area contributed by atoms with E-state index in [4.69, 9.17) is 0 Å². The maximum absolute atomic E-state index is 12.6. The number of pyridine rings is 2. The van der Waals surface area contributed by atoms with E-state index >= 15 is 0 Å². The van der Waals surface area contributed by atoms with Gasteiger partial charge in [0.05, 0.1) is 11.4 Å². The second kappa shape index (κ2) is 6.11. The average Bonchev–Trinajstić information content (AvgIpc) is 3.25. The molecule has 0 aliphatic rings. The highest BCUT2D eigenvalue weighted by Crippen LogP contribution is 2.29. The van der Waals surface area contributed by atoms with Gasteiger partial charge in [0.1, 0.15) is 17.2 Å². The summed E-state index contributed by atoms with van der Waals surface area (Å²) < 4.78 is 1.83. The molecule has 4 rings (SSSR count). The minimum Gasteiger partial charge on any atom is -0.362 e. The topological polar surface area (TPSA) is 81.7 Å². The first-order valence-electron chi connectivity index (χ1n) is 8.31. The molecule has 4 heterocycles. The first kappa shape index (κ1) is 16.0. The van der Waals surface area contributed by atoms with E-state index in [0.717, 1.165) is 28.0 Å². The van der Waals surface area contributed by atoms with Crippen LogP contribution in [0.1, 0.15) is 5.56 Å². The summed E-state index contributed by atoms with van der Waals surface area (Å²) in [5.74, 6) is 0.711. The Labute approximate surface area is 150 Å². The Kier molecular flexibility index (Phi) is 3.76. The lowest BCUT2D eigenvalue weighted by Crippen LogP contribution is -2.21. The first-order valence-corrected chi connectivity index (χ1v) is 8.31. The van der Waals surface area contributed by atoms with Crippen LogP contribution < -0.4 is 15.8 Å². The van der Waals surface area contributed by atoms with Crippen molar-refractivity contribution in [3.8, 4) is 5.69 Å². The number of hydrogen-bond acceptors (Lipinski definition) is 4. The van der Waals surface area contributed by atoms with Gasteiger partial charge in [-0.1, -0.05) is 0 Å². The van der Waals surface area contributed by atoms with E-state index in [-0.39, 0.29) is 5.56 Å². The van der Waals surface area contributed by atoms with Crippen molar-refractivity contribution in [1.29, 1.82) is 0 Å². The van der Waals surface area contributed by atoms with Crippen molar-refractivity contribution in [2.45, 2.75) is 6.92 Å². The lowest BCUT2D eigenvalue weighted by molar-refractivity contribution is 0.996. The van der Waals surface area contributed by atoms with Gasteiger partial charge >= 0.3 is 0 Å². The van der Waals surface area contributed by atoms with Gasteiger partial charge in [0, 0.05) is 44.3 Å². The number of H-pyrrole nitrogens is 2. The molecule has 0 saturated heterocycles. The molecule has 26 heavy (non-hydrogen) atoms. The maximum Gasteiger partial charge on any atom is 0.273 e. The SMILES string of the molecule is Cc1ccn(-c2cc(Nc3ccnc4[nH]ccc34)c(N(C)C)[nH]c2=O)c1. The van der Waals surface area contributed by atoms with Crippen LogP contribution in [-0.4, -0.2) is 33.6 Å². The molecule has 132 valence electrons. The summed E-state index contributed by atoms with van der Waals surface area (Å²) in [5, 5.41) is 4.43. The molecule has 4 aromatic heterocycles. The second-order valence-corrected chi connectivity index (χ2v) is 6.46. The van der Waals surface area contributed by atoms with E-state index in [9.17, 15) is 4.79 Å². The smallest absolute Gasteiger partial charge is 0.273 e. The van der Waals surface area contributed by atoms with Crippen molar-refractivity contribution in [3.05, 3.63) is 65.0 Å². The van der Waals surface area contributed by atoms with E-state index in [0.29, 0.717) is 11.5 Å². The summed E-state index contributed by atoms with van der Waals surface area (Å²) in [4.78, 5) is 24.9. The molecule has 0 aliphatic carbocycles. The molecular formula is C19H20N6O. The third kappa shape index (κ3) is 2.73. The molecule has 0 aromatic carbocycles. The molecule has 0 unspecified atom stereocenters. The van der Waals surface area contributed by atoms with E-state index in [1.54, 1.807) is 6.20 Å². The molecule has 0 atom stereocenters. The fourth-order valence-electron chi connectivity index (χ4n) is 3.02. The van der Waals surface area contributed by atoms with Crippen molar-refractivity contribution < 1.29 is 0 Å². The minimum absolute atomic E-state index is 0.142. The van der Waals surface area contributed by atoms with Crippen LogP contribution in [-0.2, 0) is 0 Å². The number of nitrogens with zero attached hydrogens (tertiary/aromatic N) is 3. The Morgan fingerprint density at radius 3 is 2.77 bits per heavy atom. The van der Waals surface area contributed by atoms with Crippen LogP contribution in [0.5, 0.6) is 0 Å². The number of aryl methyl sites for hydroxylation is 1. The van der Waals surface area contributed by atoms with Crippen molar-refractivity contribution in [2.75, 3.05) is 24.3 Å². The quantitative estimate of drug-likeness (QED) is 0.529. The number of aromatic nitrogens is 4. The van der Waals surface area contributed by atoms with Crippen molar-refractivity contribution >= 4 is 28.2 Å². The lowest BCUT2D eigenvalue weighted by Gasteiger charge is -2.19. The molecular weight excluding hydrogens is 328 g/mol. The Hall–Kier alpha value is -3.48. The predicted octanol–water partition coefficient (Wildman–Crippen LogP) is 3.16. The van der Waals surface area contributed by atoms with E-state index in [1.165, 1.54) is 0 Å². The third-order valence-corrected chi connectivity index (χ3v) is 4.30. The van der Waals surface area contributed by atoms with Gasteiger partial charge in [-0.3, -0.25) is 4.79 Å². The second-order valence-electron chi connectivity index (χ2n) is 6.46. The summed E-state index contributed by atoms with van der Waals surface area (Å²) >= 11 is 0. The van der Waals surface area contributed by atoms with E-state index < -0.39 is 0 Å². The molecule has 0 fully saturated rings. The van der Waals surface area contributed by atoms with Gasteiger partial charge in [-0.2, -0.15) is 0 Å². The van der Waals surface area contributed by atoms with Crippen LogP contribution in [0, 0.1) is 6.92 Å². The minimum atomic E-state index is -0.142. The largest absolute Gasteiger partial charge is 0.362 e. The highest BCUT2D eigenvalue weighted by molar-refractivity contribution is 5.92. The van der Waals surface area contributed by atoms with Crippen molar-refractivity contribution in [1.82, 2.24) is 19.5 Å². The molecule has 0 aliphatic heterocycles. The molecule has 0 saturated carbocycles. The zero-order valence-corrected chi connectivity index (χ0v) is 14.9. The van der Waals surface area contributed by atoms with E-state index in [2.05, 4.69) is 20.3 Å². The van der Waals surface area contributed by atoms with Crippen molar-refractivity contribution in [3.63, 3.8) is 0 Å². The number of hydrogen-bond donors (Lipinski definition) is 3. The van der Waals surface area contributed by atoms with Gasteiger partial charge in [-0.25, -0.2) is 4.98 Å². The van der Waals surface area contributed by atoms with Crippen molar-refractivity contribution in [2.24, 2.45) is 0 Å². The highest BCUT2D eigenvalue weighted by Gasteiger charge is 2.13. The standard InChI is InChI=1S/C19H20N6O/c1-12-6-9-25(11-12)16-10-15(18(24(2)3)23-19(16)26)22-14-5-8-21-17-13(14)4-7-20-17/h4-11H,1-3H3,(H,23,26)(H2,20,21,22). The molecule has 4 aromatic rings. The molecule has 7 nitrogen and oxygen atoms in total. The summed E-state index contributed by atoms with van der Waals surface area (Å²) in [5.41, 5.74) is 4.05. The summed E-state index contributed by atoms with van der Waals surface area (Å²) in [6.45, 7) is 2.00. The Morgan fingerprint density at radius 2 is 2.04 bits per heavy atom. The highest BCUT2D eigenvalue weighted by atomic mass is 16.1. The zero-order valence-electron chi connectivity index (χ0n) is 14.9. The van der Waals surface area contributed by atoms with Gasteiger partial charge in [-0.05, 0) is 36.8 Å². The number of rotatable bonds is 4. The fourth-order valence-corrected chi connectivity index (χ4v) is 3.02. The number of nitrogens with one attached hydrogen (secondary N) is 3. The Balaban J connectivity index is 1.86. The molecule has 7 heteroatoms. The number of fused-ring (bicyclic) bond motifs is 1. The normalized spacial score (nSPS) is 11.0. The molecule has 3 N–H and O–H groups in total. The van der Waals surface area contributed by atoms with Gasteiger partial charge < -0.3 is 24.8 Å². The maximum atomic E-state index is 12.6. The van der Waals surface area contributed by atoms with Gasteiger partial charge in [0.15, 0.2) is 0 Å². The fraction of sp³-hybridized carbons (Fsp3) is 0.158. The number of aromatic amines is 2. The van der Waals surface area contributed by atoms with Crippen LogP contribution in [0.15, 0.2) is 53.8 Å². The first-order chi connectivity index (χ1) is 12.5. The summed E-state index contributed by atoms with van der Waals surface area (Å²) in [7, 11) is 3.79. The van der Waals surface area contributed by atoms with Crippen LogP contribution in [0.2, 0.25) is 0 Å². The summed E-state index contributed by atoms with van der Waals surface area (Å²) in [6, 6.07) is 7.73. The molecule has 0 spiro atoms. The van der Waals surface area contributed by atoms with Crippen LogP contribution in [0.3, 0.4) is 0 Å². The average molecular weight is 348 g/mol. The van der Waals surface area contributed by atoms with Crippen LogP contribution in [0.4, 0.5) is 17.2 Å². The molecule has 0 bridgehead atoms. The van der Waals surface area contributed by atoms with Crippen LogP contribution >= 0.6 is 0 Å². The van der Waals surface area contributed by atoms with Gasteiger partial charge in [0.2, 0.25) is 0 Å². The molecule has 0 radical (unpaired) electrons. The molecule has 0 amide bonds. The monoisotopic (exact) mass is 348 g/mol. The number of anilines is 3. The van der Waals surface area contributed by atoms with E-state index in [1.807, 2.05) is 73.3 Å². The van der Waals surface area contributed by atoms with Crippen LogP contribution in [0.25, 0.3) is 16.7 Å². The summed E-state index contributed by atoms with van der Waals surface area (Å²) in [6.07, 6.45) is 7.42. The third-order valence-electron chi connectivity index (χ3n) is 4.30. The predicted molar refractivity (Wildman–Crippen MR) is 105 cm³/mol. The van der Waals surface area contributed by atoms with Gasteiger partial charge in [0.25, 0.3) is 5.56 Å². The Morgan fingerprint density at radius 1 is 1.19 bits per heavy atom.